The third kappa shape index (κ3) is 3.80. The third-order valence-electron chi connectivity index (χ3n) is 3.76. The first-order chi connectivity index (χ1) is 12.2. The molecule has 134 valence electrons. The van der Waals surface area contributed by atoms with Crippen molar-refractivity contribution >= 4 is 15.8 Å². The summed E-state index contributed by atoms with van der Waals surface area (Å²) in [6, 6.07) is 11.8. The number of benzene rings is 2. The van der Waals surface area contributed by atoms with E-state index < -0.39 is 28.2 Å². The summed E-state index contributed by atoms with van der Waals surface area (Å²) in [5.74, 6) is -1.69. The summed E-state index contributed by atoms with van der Waals surface area (Å²) in [6.45, 7) is -0.435. The molecule has 0 unspecified atom stereocenters. The molecule has 2 aromatic carbocycles. The van der Waals surface area contributed by atoms with Crippen molar-refractivity contribution in [3.8, 4) is 22.4 Å². The van der Waals surface area contributed by atoms with Crippen LogP contribution in [0.5, 0.6) is 0 Å². The van der Waals surface area contributed by atoms with E-state index in [2.05, 4.69) is 5.10 Å². The van der Waals surface area contributed by atoms with E-state index in [1.165, 1.54) is 35.1 Å². The Balaban J connectivity index is 2.11. The average Bonchev–Trinajstić information content (AvgIpc) is 2.98. The molecule has 6 nitrogen and oxygen atoms in total. The van der Waals surface area contributed by atoms with Crippen molar-refractivity contribution in [1.29, 1.82) is 0 Å². The molecule has 0 radical (unpaired) electrons. The van der Waals surface area contributed by atoms with Crippen molar-refractivity contribution in [2.45, 2.75) is 11.4 Å². The van der Waals surface area contributed by atoms with E-state index in [4.69, 9.17) is 0 Å². The first-order valence-electron chi connectivity index (χ1n) is 7.58. The van der Waals surface area contributed by atoms with Gasteiger partial charge in [0, 0.05) is 23.6 Å². The predicted molar refractivity (Wildman–Crippen MR) is 91.2 cm³/mol. The van der Waals surface area contributed by atoms with Crippen molar-refractivity contribution in [3.63, 3.8) is 0 Å². The molecule has 0 atom stereocenters. The van der Waals surface area contributed by atoms with Crippen LogP contribution in [0.15, 0.2) is 59.6 Å². The van der Waals surface area contributed by atoms with Gasteiger partial charge in [0.05, 0.1) is 17.4 Å². The number of sulfone groups is 1. The van der Waals surface area contributed by atoms with Crippen molar-refractivity contribution in [2.75, 3.05) is 6.26 Å². The number of hydrogen-bond acceptors (Lipinski definition) is 5. The van der Waals surface area contributed by atoms with Gasteiger partial charge in [-0.1, -0.05) is 24.3 Å². The second kappa shape index (κ2) is 6.72. The number of carboxylic acid groups (broad SMARTS) is 1. The van der Waals surface area contributed by atoms with Crippen LogP contribution in [0.4, 0.5) is 4.39 Å². The number of hydrogen-bond donors (Lipinski definition) is 0. The summed E-state index contributed by atoms with van der Waals surface area (Å²) < 4.78 is 37.6. The second-order valence-electron chi connectivity index (χ2n) is 5.76. The fourth-order valence-electron chi connectivity index (χ4n) is 2.55. The van der Waals surface area contributed by atoms with Crippen molar-refractivity contribution in [2.24, 2.45) is 0 Å². The molecule has 1 aromatic heterocycles. The van der Waals surface area contributed by atoms with Gasteiger partial charge in [-0.2, -0.15) is 5.10 Å². The lowest BCUT2D eigenvalue weighted by Crippen LogP contribution is -2.27. The summed E-state index contributed by atoms with van der Waals surface area (Å²) in [5.41, 5.74) is 2.31. The molecule has 0 saturated carbocycles. The normalized spacial score (nSPS) is 11.5. The van der Waals surface area contributed by atoms with Gasteiger partial charge in [-0.05, 0) is 29.8 Å². The topological polar surface area (TPSA) is 92.1 Å². The molecule has 8 heteroatoms. The molecule has 1 heterocycles. The Morgan fingerprint density at radius 2 is 1.65 bits per heavy atom. The van der Waals surface area contributed by atoms with E-state index in [0.717, 1.165) is 6.26 Å². The number of carbonyl (C=O) groups excluding carboxylic acids is 1. The van der Waals surface area contributed by atoms with E-state index in [1.807, 2.05) is 0 Å². The van der Waals surface area contributed by atoms with Crippen molar-refractivity contribution in [3.05, 3.63) is 60.5 Å². The predicted octanol–water partition coefficient (Wildman–Crippen LogP) is 1.51. The van der Waals surface area contributed by atoms with Crippen LogP contribution < -0.4 is 5.11 Å². The smallest absolute Gasteiger partial charge is 0.175 e. The summed E-state index contributed by atoms with van der Waals surface area (Å²) in [5, 5.41) is 15.1. The number of carboxylic acids is 1. The lowest BCUT2D eigenvalue weighted by Gasteiger charge is -2.04. The van der Waals surface area contributed by atoms with Gasteiger partial charge in [-0.25, -0.2) is 12.8 Å². The first-order valence-corrected chi connectivity index (χ1v) is 9.47. The monoisotopic (exact) mass is 373 g/mol. The number of aromatic nitrogens is 2. The summed E-state index contributed by atoms with van der Waals surface area (Å²) in [6.07, 6.45) is 2.64. The highest BCUT2D eigenvalue weighted by Crippen LogP contribution is 2.31. The minimum absolute atomic E-state index is 0.166. The molecule has 0 spiro atoms. The van der Waals surface area contributed by atoms with Crippen LogP contribution in [-0.2, 0) is 21.2 Å². The van der Waals surface area contributed by atoms with E-state index >= 15 is 0 Å². The van der Waals surface area contributed by atoms with E-state index in [9.17, 15) is 22.7 Å². The molecule has 0 aliphatic heterocycles. The first kappa shape index (κ1) is 17.8. The summed E-state index contributed by atoms with van der Waals surface area (Å²) in [4.78, 5) is 11.0. The molecule has 0 saturated heterocycles. The highest BCUT2D eigenvalue weighted by atomic mass is 32.2. The van der Waals surface area contributed by atoms with E-state index in [1.54, 1.807) is 24.3 Å². The van der Waals surface area contributed by atoms with Crippen LogP contribution in [0.3, 0.4) is 0 Å². The fraction of sp³-hybridized carbons (Fsp3) is 0.111. The third-order valence-corrected chi connectivity index (χ3v) is 4.89. The van der Waals surface area contributed by atoms with Gasteiger partial charge in [0.25, 0.3) is 0 Å². The Bertz CT molecular complexity index is 1060. The molecule has 3 rings (SSSR count). The van der Waals surface area contributed by atoms with Gasteiger partial charge in [0.15, 0.2) is 9.84 Å². The van der Waals surface area contributed by atoms with E-state index in [-0.39, 0.29) is 4.90 Å². The standard InChI is InChI=1S/C18H15FN2O4S/c1-26(24,25)15-8-4-13(5-9-15)18-16(10-21(20-18)11-17(22)23)12-2-6-14(19)7-3-12/h2-10H,11H2,1H3,(H,22,23)/p-1. The Labute approximate surface area is 149 Å². The maximum absolute atomic E-state index is 13.2. The number of halogens is 1. The molecule has 0 fully saturated rings. The summed E-state index contributed by atoms with van der Waals surface area (Å²) in [7, 11) is -3.33. The molecule has 0 aliphatic rings. The minimum atomic E-state index is -3.33. The van der Waals surface area contributed by atoms with Crippen molar-refractivity contribution in [1.82, 2.24) is 9.78 Å². The van der Waals surface area contributed by atoms with Gasteiger partial charge in [-0.15, -0.1) is 0 Å². The maximum Gasteiger partial charge on any atom is 0.175 e. The molecule has 0 amide bonds. The van der Waals surface area contributed by atoms with Crippen LogP contribution in [0, 0.1) is 5.82 Å². The highest BCUT2D eigenvalue weighted by molar-refractivity contribution is 7.90. The van der Waals surface area contributed by atoms with Gasteiger partial charge >= 0.3 is 0 Å². The van der Waals surface area contributed by atoms with Crippen LogP contribution >= 0.6 is 0 Å². The maximum atomic E-state index is 13.2. The van der Waals surface area contributed by atoms with Crippen LogP contribution in [0.25, 0.3) is 22.4 Å². The van der Waals surface area contributed by atoms with Crippen molar-refractivity contribution < 1.29 is 22.7 Å². The Kier molecular flexibility index (Phi) is 4.60. The number of aliphatic carboxylic acids is 1. The zero-order chi connectivity index (χ0) is 18.9. The zero-order valence-corrected chi connectivity index (χ0v) is 14.5. The fourth-order valence-corrected chi connectivity index (χ4v) is 3.18. The average molecular weight is 373 g/mol. The number of carbonyl (C=O) groups is 1. The SMILES string of the molecule is CS(=O)(=O)c1ccc(-c2nn(CC(=O)[O-])cc2-c2ccc(F)cc2)cc1. The molecular formula is C18H14FN2O4S-. The molecule has 3 aromatic rings. The van der Waals surface area contributed by atoms with Gasteiger partial charge < -0.3 is 9.90 Å². The largest absolute Gasteiger partial charge is 0.548 e. The van der Waals surface area contributed by atoms with Gasteiger partial charge in [-0.3, -0.25) is 4.68 Å². The van der Waals surface area contributed by atoms with E-state index in [0.29, 0.717) is 22.4 Å². The molecule has 0 N–H and O–H groups in total. The minimum Gasteiger partial charge on any atom is -0.548 e. The Morgan fingerprint density at radius 3 is 2.19 bits per heavy atom. The molecule has 0 bridgehead atoms. The lowest BCUT2D eigenvalue weighted by atomic mass is 10.0. The molecular weight excluding hydrogens is 359 g/mol. The molecule has 26 heavy (non-hydrogen) atoms. The van der Waals surface area contributed by atoms with Gasteiger partial charge in [0.1, 0.15) is 11.5 Å². The Morgan fingerprint density at radius 1 is 1.08 bits per heavy atom. The highest BCUT2D eigenvalue weighted by Gasteiger charge is 2.15. The quantitative estimate of drug-likeness (QED) is 0.676. The zero-order valence-electron chi connectivity index (χ0n) is 13.7. The molecule has 0 aliphatic carbocycles. The lowest BCUT2D eigenvalue weighted by molar-refractivity contribution is -0.306. The van der Waals surface area contributed by atoms with Crippen LogP contribution in [0.2, 0.25) is 0 Å². The second-order valence-corrected chi connectivity index (χ2v) is 7.78. The number of nitrogens with zero attached hydrogens (tertiary/aromatic N) is 2. The van der Waals surface area contributed by atoms with Crippen LogP contribution in [-0.4, -0.2) is 30.4 Å². The Hall–Kier alpha value is -3.00. The van der Waals surface area contributed by atoms with Gasteiger partial charge in [0.2, 0.25) is 0 Å². The van der Waals surface area contributed by atoms with Crippen LogP contribution in [0.1, 0.15) is 0 Å². The summed E-state index contributed by atoms with van der Waals surface area (Å²) >= 11 is 0. The number of rotatable bonds is 5.